The molecule has 0 bridgehead atoms. The van der Waals surface area contributed by atoms with Gasteiger partial charge in [-0.05, 0) is 31.2 Å². The van der Waals surface area contributed by atoms with E-state index in [1.54, 1.807) is 13.0 Å². The van der Waals surface area contributed by atoms with Crippen molar-refractivity contribution in [1.82, 2.24) is 4.98 Å². The van der Waals surface area contributed by atoms with Crippen molar-refractivity contribution in [3.05, 3.63) is 57.3 Å². The fraction of sp³-hybridized carbons (Fsp3) is 0.0714. The lowest BCUT2D eigenvalue weighted by molar-refractivity contribution is -0.385. The second-order valence-electron chi connectivity index (χ2n) is 4.07. The third-order valence-electron chi connectivity index (χ3n) is 2.61. The minimum absolute atomic E-state index is 0.00897. The molecule has 0 N–H and O–H groups in total. The molecule has 0 saturated carbocycles. The molecule has 1 heterocycles. The van der Waals surface area contributed by atoms with Gasteiger partial charge in [-0.25, -0.2) is 4.98 Å². The predicted octanol–water partition coefficient (Wildman–Crippen LogP) is 2.83. The van der Waals surface area contributed by atoms with Crippen molar-refractivity contribution in [2.75, 3.05) is 0 Å². The van der Waals surface area contributed by atoms with Gasteiger partial charge in [0.15, 0.2) is 0 Å². The van der Waals surface area contributed by atoms with Crippen LogP contribution in [0.3, 0.4) is 0 Å². The monoisotopic (exact) mass is 280 g/mol. The first-order valence-electron chi connectivity index (χ1n) is 5.79. The Kier molecular flexibility index (Phi) is 3.78. The van der Waals surface area contributed by atoms with Crippen LogP contribution in [0.2, 0.25) is 0 Å². The van der Waals surface area contributed by atoms with Crippen molar-refractivity contribution < 1.29 is 9.66 Å². The zero-order valence-electron chi connectivity index (χ0n) is 10.9. The van der Waals surface area contributed by atoms with Crippen LogP contribution < -0.4 is 4.74 Å². The van der Waals surface area contributed by atoms with Crippen LogP contribution >= 0.6 is 0 Å². The van der Waals surface area contributed by atoms with Gasteiger partial charge >= 0.3 is 5.69 Å². The summed E-state index contributed by atoms with van der Waals surface area (Å²) in [6, 6.07) is 10.7. The standard InChI is InChI=1S/C14H8N4O3/c1-9-2-4-11(8-16)14(17-9)21-13-5-3-10(7-15)6-12(13)18(19)20/h2-6H,1H3. The summed E-state index contributed by atoms with van der Waals surface area (Å²) in [7, 11) is 0. The summed E-state index contributed by atoms with van der Waals surface area (Å²) in [6.45, 7) is 1.71. The second kappa shape index (κ2) is 5.68. The third-order valence-corrected chi connectivity index (χ3v) is 2.61. The lowest BCUT2D eigenvalue weighted by atomic mass is 10.2. The molecule has 0 aliphatic rings. The number of hydrogen-bond donors (Lipinski definition) is 0. The lowest BCUT2D eigenvalue weighted by Crippen LogP contribution is -1.98. The molecule has 0 spiro atoms. The molecule has 0 aliphatic heterocycles. The largest absolute Gasteiger partial charge is 0.430 e. The number of aromatic nitrogens is 1. The molecular weight excluding hydrogens is 272 g/mol. The fourth-order valence-corrected chi connectivity index (χ4v) is 1.62. The van der Waals surface area contributed by atoms with Gasteiger partial charge in [0, 0.05) is 11.8 Å². The Bertz CT molecular complexity index is 803. The molecule has 0 amide bonds. The van der Waals surface area contributed by atoms with Gasteiger partial charge in [0.1, 0.15) is 11.6 Å². The van der Waals surface area contributed by atoms with Crippen molar-refractivity contribution >= 4 is 5.69 Å². The molecule has 21 heavy (non-hydrogen) atoms. The van der Waals surface area contributed by atoms with E-state index in [0.717, 1.165) is 6.07 Å². The molecule has 102 valence electrons. The predicted molar refractivity (Wildman–Crippen MR) is 71.6 cm³/mol. The topological polar surface area (TPSA) is 113 Å². The van der Waals surface area contributed by atoms with Gasteiger partial charge in [0.25, 0.3) is 0 Å². The van der Waals surface area contributed by atoms with Crippen LogP contribution in [0.1, 0.15) is 16.8 Å². The normalized spacial score (nSPS) is 9.48. The molecule has 7 heteroatoms. The van der Waals surface area contributed by atoms with E-state index in [0.29, 0.717) is 5.69 Å². The van der Waals surface area contributed by atoms with Crippen molar-refractivity contribution in [1.29, 1.82) is 10.5 Å². The van der Waals surface area contributed by atoms with Crippen molar-refractivity contribution in [2.45, 2.75) is 6.92 Å². The van der Waals surface area contributed by atoms with Crippen LogP contribution in [0.4, 0.5) is 5.69 Å². The molecule has 1 aromatic carbocycles. The van der Waals surface area contributed by atoms with E-state index in [1.807, 2.05) is 12.1 Å². The van der Waals surface area contributed by atoms with Gasteiger partial charge in [0.05, 0.1) is 16.6 Å². The van der Waals surface area contributed by atoms with Crippen LogP contribution in [0, 0.1) is 39.7 Å². The Balaban J connectivity index is 2.50. The molecule has 0 fully saturated rings. The van der Waals surface area contributed by atoms with E-state index >= 15 is 0 Å². The molecule has 0 saturated heterocycles. The maximum Gasteiger partial charge on any atom is 0.312 e. The second-order valence-corrected chi connectivity index (χ2v) is 4.07. The summed E-state index contributed by atoms with van der Waals surface area (Å²) in [4.78, 5) is 14.4. The number of hydrogen-bond acceptors (Lipinski definition) is 6. The average molecular weight is 280 g/mol. The first-order chi connectivity index (χ1) is 10.0. The molecule has 0 unspecified atom stereocenters. The highest BCUT2D eigenvalue weighted by molar-refractivity contribution is 5.54. The van der Waals surface area contributed by atoms with Gasteiger partial charge < -0.3 is 4.74 Å². The van der Waals surface area contributed by atoms with E-state index in [1.165, 1.54) is 18.2 Å². The van der Waals surface area contributed by atoms with Crippen molar-refractivity contribution in [2.24, 2.45) is 0 Å². The Labute approximate surface area is 119 Å². The van der Waals surface area contributed by atoms with Crippen LogP contribution in [-0.2, 0) is 0 Å². The van der Waals surface area contributed by atoms with Gasteiger partial charge in [0.2, 0.25) is 11.6 Å². The van der Waals surface area contributed by atoms with Gasteiger partial charge in [-0.3, -0.25) is 10.1 Å². The SMILES string of the molecule is Cc1ccc(C#N)c(Oc2ccc(C#N)cc2[N+](=O)[O-])n1. The number of nitrogens with zero attached hydrogens (tertiary/aromatic N) is 4. The minimum Gasteiger partial charge on any atom is -0.430 e. The Morgan fingerprint density at radius 1 is 1.24 bits per heavy atom. The summed E-state index contributed by atoms with van der Waals surface area (Å²) in [5, 5.41) is 28.8. The highest BCUT2D eigenvalue weighted by Gasteiger charge is 2.18. The fourth-order valence-electron chi connectivity index (χ4n) is 1.62. The molecule has 0 atom stereocenters. The number of benzene rings is 1. The van der Waals surface area contributed by atoms with Crippen molar-refractivity contribution in [3.63, 3.8) is 0 Å². The molecule has 2 rings (SSSR count). The van der Waals surface area contributed by atoms with E-state index in [-0.39, 0.29) is 28.4 Å². The number of nitro groups is 1. The minimum atomic E-state index is -0.655. The molecule has 0 radical (unpaired) electrons. The highest BCUT2D eigenvalue weighted by atomic mass is 16.6. The summed E-state index contributed by atoms with van der Waals surface area (Å²) in [6.07, 6.45) is 0. The Hall–Kier alpha value is -3.45. The number of aryl methyl sites for hydroxylation is 1. The smallest absolute Gasteiger partial charge is 0.312 e. The third kappa shape index (κ3) is 2.94. The van der Waals surface area contributed by atoms with Gasteiger partial charge in [-0.1, -0.05) is 0 Å². The molecule has 1 aromatic heterocycles. The van der Waals surface area contributed by atoms with Crippen LogP contribution in [0.15, 0.2) is 30.3 Å². The van der Waals surface area contributed by atoms with E-state index in [9.17, 15) is 10.1 Å². The van der Waals surface area contributed by atoms with Crippen molar-refractivity contribution in [3.8, 4) is 23.8 Å². The van der Waals surface area contributed by atoms with E-state index in [2.05, 4.69) is 4.98 Å². The molecule has 0 aliphatic carbocycles. The summed E-state index contributed by atoms with van der Waals surface area (Å²) in [5.74, 6) is -0.0843. The van der Waals surface area contributed by atoms with Gasteiger partial charge in [-0.2, -0.15) is 10.5 Å². The summed E-state index contributed by atoms with van der Waals surface area (Å²) < 4.78 is 5.39. The Morgan fingerprint density at radius 3 is 2.62 bits per heavy atom. The number of rotatable bonds is 3. The number of nitriles is 2. The van der Waals surface area contributed by atoms with E-state index in [4.69, 9.17) is 15.3 Å². The van der Waals surface area contributed by atoms with E-state index < -0.39 is 4.92 Å². The van der Waals surface area contributed by atoms with Crippen LogP contribution in [0.5, 0.6) is 11.6 Å². The maximum atomic E-state index is 11.0. The highest BCUT2D eigenvalue weighted by Crippen LogP contribution is 2.32. The maximum absolute atomic E-state index is 11.0. The van der Waals surface area contributed by atoms with Crippen LogP contribution in [-0.4, -0.2) is 9.91 Å². The molecular formula is C14H8N4O3. The Morgan fingerprint density at radius 2 is 2.00 bits per heavy atom. The molecule has 2 aromatic rings. The zero-order chi connectivity index (χ0) is 15.4. The number of ether oxygens (including phenoxy) is 1. The first-order valence-corrected chi connectivity index (χ1v) is 5.79. The molecule has 7 nitrogen and oxygen atoms in total. The quantitative estimate of drug-likeness (QED) is 0.631. The van der Waals surface area contributed by atoms with Gasteiger partial charge in [-0.15, -0.1) is 0 Å². The number of pyridine rings is 1. The van der Waals surface area contributed by atoms with Crippen LogP contribution in [0.25, 0.3) is 0 Å². The summed E-state index contributed by atoms with van der Waals surface area (Å²) >= 11 is 0. The lowest BCUT2D eigenvalue weighted by Gasteiger charge is -2.07. The first kappa shape index (κ1) is 14.0. The average Bonchev–Trinajstić information content (AvgIpc) is 2.47. The number of nitro benzene ring substituents is 1. The zero-order valence-corrected chi connectivity index (χ0v) is 10.9. The summed E-state index contributed by atoms with van der Waals surface area (Å²) in [5.41, 5.74) is 0.563.